The molecule has 35 heavy (non-hydrogen) atoms. The number of amides is 1. The van der Waals surface area contributed by atoms with Crippen molar-refractivity contribution in [3.05, 3.63) is 67.0 Å². The minimum Gasteiger partial charge on any atom is -0.497 e. The molecule has 186 valence electrons. The topological polar surface area (TPSA) is 112 Å². The van der Waals surface area contributed by atoms with Crippen LogP contribution in [-0.4, -0.2) is 48.6 Å². The Hall–Kier alpha value is -3.31. The normalized spacial score (nSPS) is 12.1. The van der Waals surface area contributed by atoms with Crippen LogP contribution in [0.3, 0.4) is 0 Å². The Balaban J connectivity index is 1.81. The van der Waals surface area contributed by atoms with Gasteiger partial charge < -0.3 is 19.4 Å². The van der Waals surface area contributed by atoms with Gasteiger partial charge in [-0.05, 0) is 30.7 Å². The predicted octanol–water partition coefficient (Wildman–Crippen LogP) is 3.96. The molecule has 1 heterocycles. The average Bonchev–Trinajstić information content (AvgIpc) is 3.23. The van der Waals surface area contributed by atoms with Crippen molar-refractivity contribution in [2.24, 2.45) is 0 Å². The second-order valence-electron chi connectivity index (χ2n) is 7.44. The summed E-state index contributed by atoms with van der Waals surface area (Å²) in [6.07, 6.45) is 2.14. The molecule has 1 aromatic heterocycles. The quantitative estimate of drug-likeness (QED) is 0.284. The molecule has 0 fully saturated rings. The van der Waals surface area contributed by atoms with Crippen LogP contribution < -0.4 is 14.8 Å². The number of hydrogen-bond acceptors (Lipinski definition) is 8. The summed E-state index contributed by atoms with van der Waals surface area (Å²) in [5, 5.41) is 11.1. The van der Waals surface area contributed by atoms with Gasteiger partial charge in [0.25, 0.3) is 0 Å². The Labute approximate surface area is 209 Å². The molecule has 1 atom stereocenters. The van der Waals surface area contributed by atoms with Crippen LogP contribution in [0.4, 0.5) is 5.69 Å². The molecule has 0 aliphatic carbocycles. The zero-order valence-corrected chi connectivity index (χ0v) is 21.4. The summed E-state index contributed by atoms with van der Waals surface area (Å²) in [5.74, 6) is 0.804. The number of methoxy groups -OCH3 is 2. The van der Waals surface area contributed by atoms with E-state index in [1.165, 1.54) is 18.9 Å². The summed E-state index contributed by atoms with van der Waals surface area (Å²) in [5.41, 5.74) is 0.513. The van der Waals surface area contributed by atoms with Crippen LogP contribution in [0.1, 0.15) is 19.2 Å². The molecule has 0 aliphatic rings. The summed E-state index contributed by atoms with van der Waals surface area (Å²) >= 11 is 1.22. The highest BCUT2D eigenvalue weighted by molar-refractivity contribution is 8.00. The second-order valence-corrected chi connectivity index (χ2v) is 10.6. The van der Waals surface area contributed by atoms with Crippen LogP contribution in [-0.2, 0) is 26.9 Å². The summed E-state index contributed by atoms with van der Waals surface area (Å²) in [6.45, 7) is 5.95. The highest BCUT2D eigenvalue weighted by Gasteiger charge is 2.25. The molecule has 2 aromatic carbocycles. The number of carbonyl (C=O) groups is 1. The van der Waals surface area contributed by atoms with Crippen molar-refractivity contribution in [1.82, 2.24) is 14.8 Å². The SMILES string of the molecule is C=CCn1c(CS(=O)(=O)c2ccccc2)nnc1SC(CC)C(=O)Nc1ccc(OC)cc1OC. The van der Waals surface area contributed by atoms with E-state index >= 15 is 0 Å². The molecular formula is C24H28N4O5S2. The molecule has 11 heteroatoms. The summed E-state index contributed by atoms with van der Waals surface area (Å²) in [6, 6.07) is 13.3. The number of nitrogens with one attached hydrogen (secondary N) is 1. The standard InChI is InChI=1S/C24H28N4O5S2/c1-5-14-28-22(16-35(30,31)18-10-8-7-9-11-18)26-27-24(28)34-21(6-2)23(29)25-19-13-12-17(32-3)15-20(19)33-4/h5,7-13,15,21H,1,6,14,16H2,2-4H3,(H,25,29). The van der Waals surface area contributed by atoms with Gasteiger partial charge in [-0.15, -0.1) is 16.8 Å². The molecule has 0 bridgehead atoms. The van der Waals surface area contributed by atoms with E-state index in [1.54, 1.807) is 66.3 Å². The second kappa shape index (κ2) is 11.9. The van der Waals surface area contributed by atoms with E-state index < -0.39 is 15.1 Å². The Bertz CT molecular complexity index is 1280. The number of ether oxygens (including phenoxy) is 2. The highest BCUT2D eigenvalue weighted by Crippen LogP contribution is 2.31. The van der Waals surface area contributed by atoms with Crippen LogP contribution in [0.5, 0.6) is 11.5 Å². The van der Waals surface area contributed by atoms with Gasteiger partial charge in [-0.25, -0.2) is 8.42 Å². The first-order valence-electron chi connectivity index (χ1n) is 10.8. The van der Waals surface area contributed by atoms with E-state index in [-0.39, 0.29) is 22.4 Å². The lowest BCUT2D eigenvalue weighted by atomic mass is 10.2. The number of rotatable bonds is 12. The summed E-state index contributed by atoms with van der Waals surface area (Å²) < 4.78 is 38.0. The number of nitrogens with zero attached hydrogens (tertiary/aromatic N) is 3. The largest absolute Gasteiger partial charge is 0.497 e. The van der Waals surface area contributed by atoms with Gasteiger partial charge in [0, 0.05) is 12.6 Å². The smallest absolute Gasteiger partial charge is 0.238 e. The van der Waals surface area contributed by atoms with Crippen LogP contribution in [0.25, 0.3) is 0 Å². The van der Waals surface area contributed by atoms with Crippen LogP contribution in [0.2, 0.25) is 0 Å². The van der Waals surface area contributed by atoms with Crippen LogP contribution in [0.15, 0.2) is 71.2 Å². The molecular weight excluding hydrogens is 488 g/mol. The average molecular weight is 517 g/mol. The van der Waals surface area contributed by atoms with Gasteiger partial charge in [0.05, 0.1) is 30.1 Å². The summed E-state index contributed by atoms with van der Waals surface area (Å²) in [7, 11) is -0.551. The minimum absolute atomic E-state index is 0.210. The zero-order valence-electron chi connectivity index (χ0n) is 19.8. The maximum Gasteiger partial charge on any atom is 0.238 e. The highest BCUT2D eigenvalue weighted by atomic mass is 32.2. The number of hydrogen-bond donors (Lipinski definition) is 1. The molecule has 9 nitrogen and oxygen atoms in total. The fourth-order valence-electron chi connectivity index (χ4n) is 3.27. The maximum atomic E-state index is 13.1. The lowest BCUT2D eigenvalue weighted by molar-refractivity contribution is -0.115. The Kier molecular flexibility index (Phi) is 8.94. The summed E-state index contributed by atoms with van der Waals surface area (Å²) in [4.78, 5) is 13.3. The zero-order chi connectivity index (χ0) is 25.4. The van der Waals surface area contributed by atoms with E-state index in [2.05, 4.69) is 22.1 Å². The number of sulfone groups is 1. The molecule has 0 saturated carbocycles. The van der Waals surface area contributed by atoms with Crippen LogP contribution >= 0.6 is 11.8 Å². The predicted molar refractivity (Wildman–Crippen MR) is 136 cm³/mol. The Morgan fingerprint density at radius 2 is 1.91 bits per heavy atom. The number of carbonyl (C=O) groups excluding carboxylic acids is 1. The van der Waals surface area contributed by atoms with Crippen molar-refractivity contribution in [3.8, 4) is 11.5 Å². The number of aromatic nitrogens is 3. The van der Waals surface area contributed by atoms with Crippen molar-refractivity contribution in [2.45, 2.75) is 40.9 Å². The molecule has 1 amide bonds. The number of thioether (sulfide) groups is 1. The molecule has 1 N–H and O–H groups in total. The third-order valence-corrected chi connectivity index (χ3v) is 8.08. The molecule has 0 spiro atoms. The molecule has 0 saturated heterocycles. The van der Waals surface area contributed by atoms with Gasteiger partial charge in [0.15, 0.2) is 15.0 Å². The number of anilines is 1. The monoisotopic (exact) mass is 516 g/mol. The van der Waals surface area contributed by atoms with Gasteiger partial charge in [0.2, 0.25) is 5.91 Å². The third-order valence-electron chi connectivity index (χ3n) is 5.10. The third kappa shape index (κ3) is 6.43. The van der Waals surface area contributed by atoms with Gasteiger partial charge >= 0.3 is 0 Å². The van der Waals surface area contributed by atoms with E-state index in [4.69, 9.17) is 9.47 Å². The van der Waals surface area contributed by atoms with Gasteiger partial charge in [-0.1, -0.05) is 43.0 Å². The van der Waals surface area contributed by atoms with Crippen molar-refractivity contribution in [3.63, 3.8) is 0 Å². The Morgan fingerprint density at radius 3 is 2.54 bits per heavy atom. The fourth-order valence-corrected chi connectivity index (χ4v) is 5.55. The van der Waals surface area contributed by atoms with Gasteiger partial charge in [0.1, 0.15) is 23.1 Å². The molecule has 1 unspecified atom stereocenters. The van der Waals surface area contributed by atoms with E-state index in [9.17, 15) is 13.2 Å². The lowest BCUT2D eigenvalue weighted by Crippen LogP contribution is -2.25. The molecule has 3 aromatic rings. The first-order valence-corrected chi connectivity index (χ1v) is 13.4. The number of benzene rings is 2. The molecule has 3 rings (SSSR count). The van der Waals surface area contributed by atoms with Crippen molar-refractivity contribution in [2.75, 3.05) is 19.5 Å². The lowest BCUT2D eigenvalue weighted by Gasteiger charge is -2.17. The van der Waals surface area contributed by atoms with E-state index in [0.717, 1.165) is 0 Å². The van der Waals surface area contributed by atoms with Crippen molar-refractivity contribution in [1.29, 1.82) is 0 Å². The van der Waals surface area contributed by atoms with Gasteiger partial charge in [-0.3, -0.25) is 4.79 Å². The first kappa shape index (κ1) is 26.3. The van der Waals surface area contributed by atoms with Crippen molar-refractivity contribution < 1.29 is 22.7 Å². The first-order chi connectivity index (χ1) is 16.8. The molecule has 0 aliphatic heterocycles. The minimum atomic E-state index is -3.62. The number of allylic oxidation sites excluding steroid dienone is 1. The van der Waals surface area contributed by atoms with Crippen molar-refractivity contribution >= 4 is 33.2 Å². The molecule has 0 radical (unpaired) electrons. The van der Waals surface area contributed by atoms with E-state index in [0.29, 0.717) is 35.3 Å². The maximum absolute atomic E-state index is 13.1. The van der Waals surface area contributed by atoms with Gasteiger partial charge in [-0.2, -0.15) is 0 Å². The van der Waals surface area contributed by atoms with E-state index in [1.807, 2.05) is 6.92 Å². The van der Waals surface area contributed by atoms with Crippen LogP contribution in [0, 0.1) is 0 Å². The Morgan fingerprint density at radius 1 is 1.17 bits per heavy atom. The fraction of sp³-hybridized carbons (Fsp3) is 0.292.